The number of hydrogen-bond donors (Lipinski definition) is 1. The summed E-state index contributed by atoms with van der Waals surface area (Å²) in [6, 6.07) is 16.8. The third kappa shape index (κ3) is 4.06. The molecule has 0 bridgehead atoms. The lowest BCUT2D eigenvalue weighted by Crippen LogP contribution is -2.22. The number of sulfonamides is 1. The SMILES string of the molecule is O=S(=O)(NCc1ccco1)c1ccc(-c2nc(-c3ccc(-c4nnco4)cc3)no2)cc1. The van der Waals surface area contributed by atoms with Crippen molar-refractivity contribution >= 4 is 10.0 Å². The summed E-state index contributed by atoms with van der Waals surface area (Å²) in [6.07, 6.45) is 2.75. The third-order valence-corrected chi connectivity index (χ3v) is 6.02. The quantitative estimate of drug-likeness (QED) is 0.395. The summed E-state index contributed by atoms with van der Waals surface area (Å²) in [7, 11) is -3.69. The summed E-state index contributed by atoms with van der Waals surface area (Å²) < 4.78 is 43.1. The Morgan fingerprint density at radius 1 is 0.844 bits per heavy atom. The van der Waals surface area contributed by atoms with Crippen LogP contribution in [-0.4, -0.2) is 28.8 Å². The minimum absolute atomic E-state index is 0.0649. The molecule has 0 aliphatic heterocycles. The van der Waals surface area contributed by atoms with E-state index in [-0.39, 0.29) is 17.3 Å². The molecule has 160 valence electrons. The zero-order valence-electron chi connectivity index (χ0n) is 16.4. The first-order valence-electron chi connectivity index (χ1n) is 9.42. The highest BCUT2D eigenvalue weighted by Gasteiger charge is 2.16. The first kappa shape index (κ1) is 19.8. The largest absolute Gasteiger partial charge is 0.468 e. The fourth-order valence-electron chi connectivity index (χ4n) is 2.96. The molecule has 1 N–H and O–H groups in total. The molecule has 0 unspecified atom stereocenters. The van der Waals surface area contributed by atoms with E-state index < -0.39 is 10.0 Å². The van der Waals surface area contributed by atoms with Gasteiger partial charge in [0.1, 0.15) is 5.76 Å². The van der Waals surface area contributed by atoms with Gasteiger partial charge in [-0.2, -0.15) is 4.98 Å². The van der Waals surface area contributed by atoms with Gasteiger partial charge in [-0.05, 0) is 48.5 Å². The Labute approximate surface area is 182 Å². The maximum atomic E-state index is 12.5. The van der Waals surface area contributed by atoms with Gasteiger partial charge in [-0.1, -0.05) is 17.3 Å². The minimum atomic E-state index is -3.69. The summed E-state index contributed by atoms with van der Waals surface area (Å²) in [4.78, 5) is 4.51. The van der Waals surface area contributed by atoms with Gasteiger partial charge in [0.2, 0.25) is 28.1 Å². The summed E-state index contributed by atoms with van der Waals surface area (Å²) in [5, 5.41) is 11.5. The smallest absolute Gasteiger partial charge is 0.258 e. The Kier molecular flexibility index (Phi) is 5.09. The van der Waals surface area contributed by atoms with Crippen molar-refractivity contribution in [1.29, 1.82) is 0 Å². The molecule has 0 amide bonds. The van der Waals surface area contributed by atoms with E-state index in [4.69, 9.17) is 13.4 Å². The van der Waals surface area contributed by atoms with Crippen LogP contribution < -0.4 is 4.72 Å². The minimum Gasteiger partial charge on any atom is -0.468 e. The fourth-order valence-corrected chi connectivity index (χ4v) is 3.95. The molecule has 0 aliphatic rings. The van der Waals surface area contributed by atoms with E-state index in [1.54, 1.807) is 24.3 Å². The van der Waals surface area contributed by atoms with E-state index in [0.29, 0.717) is 23.0 Å². The Bertz CT molecular complexity index is 1410. The first-order valence-corrected chi connectivity index (χ1v) is 10.9. The summed E-state index contributed by atoms with van der Waals surface area (Å²) in [6.45, 7) is 0.0649. The van der Waals surface area contributed by atoms with Gasteiger partial charge in [0.25, 0.3) is 5.89 Å². The van der Waals surface area contributed by atoms with Gasteiger partial charge in [-0.3, -0.25) is 0 Å². The number of nitrogens with zero attached hydrogens (tertiary/aromatic N) is 4. The summed E-state index contributed by atoms with van der Waals surface area (Å²) in [5.74, 6) is 1.61. The summed E-state index contributed by atoms with van der Waals surface area (Å²) in [5.41, 5.74) is 2.10. The molecule has 0 atom stereocenters. The lowest BCUT2D eigenvalue weighted by Gasteiger charge is -2.05. The molecule has 0 radical (unpaired) electrons. The second-order valence-corrected chi connectivity index (χ2v) is 8.44. The highest BCUT2D eigenvalue weighted by molar-refractivity contribution is 7.89. The fraction of sp³-hybridized carbons (Fsp3) is 0.0476. The standard InChI is InChI=1S/C21H15N5O5S/c27-32(28,23-12-17-2-1-11-29-17)18-9-7-15(8-10-18)20-24-19(26-31-20)14-3-5-16(6-4-14)21-25-22-13-30-21/h1-11,13,23H,12H2. The van der Waals surface area contributed by atoms with Crippen LogP contribution in [0.1, 0.15) is 5.76 Å². The van der Waals surface area contributed by atoms with Crippen molar-refractivity contribution in [1.82, 2.24) is 25.1 Å². The van der Waals surface area contributed by atoms with Gasteiger partial charge in [0, 0.05) is 16.7 Å². The molecule has 0 saturated heterocycles. The molecule has 32 heavy (non-hydrogen) atoms. The molecular formula is C21H15N5O5S. The Morgan fingerprint density at radius 2 is 1.56 bits per heavy atom. The number of aromatic nitrogens is 4. The number of nitrogens with one attached hydrogen (secondary N) is 1. The lowest BCUT2D eigenvalue weighted by atomic mass is 10.1. The van der Waals surface area contributed by atoms with Gasteiger partial charge < -0.3 is 13.4 Å². The second-order valence-electron chi connectivity index (χ2n) is 6.67. The van der Waals surface area contributed by atoms with E-state index in [1.807, 2.05) is 24.3 Å². The lowest BCUT2D eigenvalue weighted by molar-refractivity contribution is 0.432. The van der Waals surface area contributed by atoms with Crippen molar-refractivity contribution in [3.05, 3.63) is 79.1 Å². The van der Waals surface area contributed by atoms with Crippen LogP contribution in [-0.2, 0) is 16.6 Å². The van der Waals surface area contributed by atoms with Crippen molar-refractivity contribution in [2.75, 3.05) is 0 Å². The molecule has 5 aromatic rings. The van der Waals surface area contributed by atoms with Crippen molar-refractivity contribution < 1.29 is 21.8 Å². The predicted molar refractivity (Wildman–Crippen MR) is 111 cm³/mol. The third-order valence-electron chi connectivity index (χ3n) is 4.60. The normalized spacial score (nSPS) is 11.6. The Morgan fingerprint density at radius 3 is 2.25 bits per heavy atom. The Hall–Kier alpha value is -4.09. The number of rotatable bonds is 7. The van der Waals surface area contributed by atoms with E-state index in [1.165, 1.54) is 24.8 Å². The molecule has 3 aromatic heterocycles. The number of furan rings is 1. The second kappa shape index (κ2) is 8.21. The van der Waals surface area contributed by atoms with E-state index >= 15 is 0 Å². The van der Waals surface area contributed by atoms with E-state index in [0.717, 1.165) is 11.1 Å². The van der Waals surface area contributed by atoms with Crippen LogP contribution >= 0.6 is 0 Å². The first-order chi connectivity index (χ1) is 15.6. The predicted octanol–water partition coefficient (Wildman–Crippen LogP) is 3.53. The molecule has 0 fully saturated rings. The molecule has 10 nitrogen and oxygen atoms in total. The zero-order valence-corrected chi connectivity index (χ0v) is 17.2. The van der Waals surface area contributed by atoms with E-state index in [2.05, 4.69) is 25.1 Å². The van der Waals surface area contributed by atoms with Gasteiger partial charge in [-0.15, -0.1) is 10.2 Å². The Balaban J connectivity index is 1.31. The molecule has 5 rings (SSSR count). The average molecular weight is 449 g/mol. The van der Waals surface area contributed by atoms with Crippen molar-refractivity contribution in [3.8, 4) is 34.3 Å². The average Bonchev–Trinajstić information content (AvgIpc) is 3.61. The van der Waals surface area contributed by atoms with Gasteiger partial charge in [-0.25, -0.2) is 13.1 Å². The van der Waals surface area contributed by atoms with Crippen LogP contribution in [0.25, 0.3) is 34.3 Å². The van der Waals surface area contributed by atoms with Crippen LogP contribution in [0.5, 0.6) is 0 Å². The topological polar surface area (TPSA) is 137 Å². The maximum absolute atomic E-state index is 12.5. The highest BCUT2D eigenvalue weighted by Crippen LogP contribution is 2.25. The zero-order chi connectivity index (χ0) is 22.0. The van der Waals surface area contributed by atoms with Gasteiger partial charge in [0.05, 0.1) is 17.7 Å². The molecule has 3 heterocycles. The molecule has 0 aliphatic carbocycles. The monoisotopic (exact) mass is 449 g/mol. The number of hydrogen-bond acceptors (Lipinski definition) is 9. The molecular weight excluding hydrogens is 434 g/mol. The highest BCUT2D eigenvalue weighted by atomic mass is 32.2. The molecule has 0 spiro atoms. The van der Waals surface area contributed by atoms with Gasteiger partial charge >= 0.3 is 0 Å². The molecule has 0 saturated carbocycles. The van der Waals surface area contributed by atoms with Crippen LogP contribution in [0.3, 0.4) is 0 Å². The number of benzene rings is 2. The van der Waals surface area contributed by atoms with Crippen LogP contribution in [0.2, 0.25) is 0 Å². The molecule has 2 aromatic carbocycles. The molecule has 11 heteroatoms. The van der Waals surface area contributed by atoms with Gasteiger partial charge in [0.15, 0.2) is 0 Å². The van der Waals surface area contributed by atoms with Crippen molar-refractivity contribution in [2.24, 2.45) is 0 Å². The maximum Gasteiger partial charge on any atom is 0.258 e. The van der Waals surface area contributed by atoms with E-state index in [9.17, 15) is 8.42 Å². The van der Waals surface area contributed by atoms with Crippen LogP contribution in [0.4, 0.5) is 0 Å². The van der Waals surface area contributed by atoms with Crippen LogP contribution in [0.15, 0.2) is 91.6 Å². The van der Waals surface area contributed by atoms with Crippen LogP contribution in [0, 0.1) is 0 Å². The van der Waals surface area contributed by atoms with Crippen molar-refractivity contribution in [2.45, 2.75) is 11.4 Å². The summed E-state index contributed by atoms with van der Waals surface area (Å²) >= 11 is 0. The van der Waals surface area contributed by atoms with Crippen molar-refractivity contribution in [3.63, 3.8) is 0 Å².